The third kappa shape index (κ3) is 3.89. The Labute approximate surface area is 136 Å². The molecule has 23 heavy (non-hydrogen) atoms. The Morgan fingerprint density at radius 1 is 1.09 bits per heavy atom. The van der Waals surface area contributed by atoms with Crippen LogP contribution >= 0.6 is 11.8 Å². The fourth-order valence-corrected chi connectivity index (χ4v) is 2.74. The molecule has 3 rings (SSSR count). The van der Waals surface area contributed by atoms with E-state index in [-0.39, 0.29) is 5.69 Å². The van der Waals surface area contributed by atoms with Crippen LogP contribution in [0.25, 0.3) is 11.3 Å². The quantitative estimate of drug-likeness (QED) is 0.404. The van der Waals surface area contributed by atoms with Gasteiger partial charge in [-0.3, -0.25) is 15.1 Å². The highest BCUT2D eigenvalue weighted by molar-refractivity contribution is 7.98. The summed E-state index contributed by atoms with van der Waals surface area (Å²) in [6.07, 6.45) is 3.44. The third-order valence-electron chi connectivity index (χ3n) is 3.11. The van der Waals surface area contributed by atoms with Crippen LogP contribution in [-0.2, 0) is 5.75 Å². The molecule has 0 amide bonds. The Morgan fingerprint density at radius 2 is 2.00 bits per heavy atom. The van der Waals surface area contributed by atoms with E-state index in [1.165, 1.54) is 17.8 Å². The summed E-state index contributed by atoms with van der Waals surface area (Å²) >= 11 is 1.49. The number of thioether (sulfide) groups is 1. The predicted octanol–water partition coefficient (Wildman–Crippen LogP) is 3.74. The molecule has 0 bridgehead atoms. The summed E-state index contributed by atoms with van der Waals surface area (Å²) in [5.74, 6) is 0.600. The highest BCUT2D eigenvalue weighted by Crippen LogP contribution is 2.24. The second kappa shape index (κ2) is 6.97. The largest absolute Gasteiger partial charge is 0.269 e. The normalized spacial score (nSPS) is 10.4. The summed E-state index contributed by atoms with van der Waals surface area (Å²) in [5.41, 5.74) is 2.65. The van der Waals surface area contributed by atoms with E-state index in [1.54, 1.807) is 24.5 Å². The fraction of sp³-hybridized carbons (Fsp3) is 0.0625. The SMILES string of the molecule is O=[N+]([O-])c1cccc(CSc2ccc(-c3cccnc3)nn2)c1. The molecule has 0 radical (unpaired) electrons. The predicted molar refractivity (Wildman–Crippen MR) is 87.9 cm³/mol. The second-order valence-electron chi connectivity index (χ2n) is 4.71. The van der Waals surface area contributed by atoms with Crippen LogP contribution in [0.15, 0.2) is 66.0 Å². The molecule has 1 aromatic carbocycles. The smallest absolute Gasteiger partial charge is 0.264 e. The molecule has 0 aliphatic heterocycles. The highest BCUT2D eigenvalue weighted by Gasteiger charge is 2.07. The van der Waals surface area contributed by atoms with Crippen LogP contribution in [0.2, 0.25) is 0 Å². The number of nitrogens with zero attached hydrogens (tertiary/aromatic N) is 4. The molecule has 2 aromatic heterocycles. The van der Waals surface area contributed by atoms with E-state index in [9.17, 15) is 10.1 Å². The van der Waals surface area contributed by atoms with Crippen molar-refractivity contribution in [3.8, 4) is 11.3 Å². The molecule has 114 valence electrons. The zero-order valence-electron chi connectivity index (χ0n) is 12.0. The number of hydrogen-bond acceptors (Lipinski definition) is 6. The van der Waals surface area contributed by atoms with Gasteiger partial charge in [-0.15, -0.1) is 10.2 Å². The third-order valence-corrected chi connectivity index (χ3v) is 4.10. The van der Waals surface area contributed by atoms with Gasteiger partial charge < -0.3 is 0 Å². The van der Waals surface area contributed by atoms with E-state index in [0.717, 1.165) is 21.8 Å². The number of nitro groups is 1. The van der Waals surface area contributed by atoms with Crippen molar-refractivity contribution in [2.75, 3.05) is 0 Å². The Kier molecular flexibility index (Phi) is 4.58. The Morgan fingerprint density at radius 3 is 2.70 bits per heavy atom. The molecule has 7 heteroatoms. The van der Waals surface area contributed by atoms with Gasteiger partial charge in [0.05, 0.1) is 10.6 Å². The lowest BCUT2D eigenvalue weighted by molar-refractivity contribution is -0.384. The molecule has 3 aromatic rings. The molecule has 0 N–H and O–H groups in total. The van der Waals surface area contributed by atoms with E-state index < -0.39 is 4.92 Å². The number of pyridine rings is 1. The van der Waals surface area contributed by atoms with Gasteiger partial charge in [-0.05, 0) is 29.8 Å². The number of hydrogen-bond donors (Lipinski definition) is 0. The van der Waals surface area contributed by atoms with Gasteiger partial charge in [0.1, 0.15) is 5.03 Å². The lowest BCUT2D eigenvalue weighted by atomic mass is 10.2. The van der Waals surface area contributed by atoms with Gasteiger partial charge >= 0.3 is 0 Å². The molecule has 6 nitrogen and oxygen atoms in total. The fourth-order valence-electron chi connectivity index (χ4n) is 1.98. The first kappa shape index (κ1) is 15.1. The van der Waals surface area contributed by atoms with Crippen LogP contribution in [0.3, 0.4) is 0 Å². The van der Waals surface area contributed by atoms with Crippen LogP contribution in [-0.4, -0.2) is 20.1 Å². The Balaban J connectivity index is 1.67. The van der Waals surface area contributed by atoms with Crippen LogP contribution in [0, 0.1) is 10.1 Å². The number of aromatic nitrogens is 3. The van der Waals surface area contributed by atoms with Gasteiger partial charge in [0.25, 0.3) is 5.69 Å². The first-order valence-electron chi connectivity index (χ1n) is 6.82. The maximum atomic E-state index is 10.8. The molecule has 0 saturated carbocycles. The monoisotopic (exact) mass is 324 g/mol. The van der Waals surface area contributed by atoms with Crippen LogP contribution in [0.5, 0.6) is 0 Å². The van der Waals surface area contributed by atoms with Gasteiger partial charge in [-0.1, -0.05) is 23.9 Å². The van der Waals surface area contributed by atoms with Crippen molar-refractivity contribution >= 4 is 17.4 Å². The Hall–Kier alpha value is -2.80. The maximum Gasteiger partial charge on any atom is 0.269 e. The average Bonchev–Trinajstić information content (AvgIpc) is 2.61. The number of benzene rings is 1. The van der Waals surface area contributed by atoms with Crippen molar-refractivity contribution in [2.45, 2.75) is 10.8 Å². The van der Waals surface area contributed by atoms with Crippen LogP contribution in [0.1, 0.15) is 5.56 Å². The average molecular weight is 324 g/mol. The summed E-state index contributed by atoms with van der Waals surface area (Å²) in [6.45, 7) is 0. The molecule has 0 unspecified atom stereocenters. The van der Waals surface area contributed by atoms with E-state index in [2.05, 4.69) is 15.2 Å². The molecular formula is C16H12N4O2S. The van der Waals surface area contributed by atoms with Gasteiger partial charge in [-0.2, -0.15) is 0 Å². The first-order chi connectivity index (χ1) is 11.2. The van der Waals surface area contributed by atoms with E-state index in [0.29, 0.717) is 5.75 Å². The minimum Gasteiger partial charge on any atom is -0.264 e. The van der Waals surface area contributed by atoms with Crippen LogP contribution in [0.4, 0.5) is 5.69 Å². The first-order valence-corrected chi connectivity index (χ1v) is 7.81. The molecule has 0 atom stereocenters. The van der Waals surface area contributed by atoms with Gasteiger partial charge in [-0.25, -0.2) is 0 Å². The molecule has 0 aliphatic rings. The molecular weight excluding hydrogens is 312 g/mol. The Bertz CT molecular complexity index is 810. The van der Waals surface area contributed by atoms with Gasteiger partial charge in [0.2, 0.25) is 0 Å². The van der Waals surface area contributed by atoms with Crippen molar-refractivity contribution in [3.63, 3.8) is 0 Å². The maximum absolute atomic E-state index is 10.8. The molecule has 2 heterocycles. The lowest BCUT2D eigenvalue weighted by Gasteiger charge is -2.03. The summed E-state index contributed by atoms with van der Waals surface area (Å²) in [6, 6.07) is 14.1. The number of non-ortho nitro benzene ring substituents is 1. The van der Waals surface area contributed by atoms with Crippen molar-refractivity contribution < 1.29 is 4.92 Å². The van der Waals surface area contributed by atoms with Crippen molar-refractivity contribution in [3.05, 3.63) is 76.6 Å². The van der Waals surface area contributed by atoms with Gasteiger partial charge in [0.15, 0.2) is 0 Å². The van der Waals surface area contributed by atoms with Crippen molar-refractivity contribution in [2.24, 2.45) is 0 Å². The number of rotatable bonds is 5. The lowest BCUT2D eigenvalue weighted by Crippen LogP contribution is -1.91. The molecule has 0 fully saturated rings. The zero-order valence-corrected chi connectivity index (χ0v) is 12.8. The van der Waals surface area contributed by atoms with Crippen molar-refractivity contribution in [1.29, 1.82) is 0 Å². The second-order valence-corrected chi connectivity index (χ2v) is 5.71. The molecule has 0 saturated heterocycles. The van der Waals surface area contributed by atoms with Gasteiger partial charge in [0, 0.05) is 35.8 Å². The van der Waals surface area contributed by atoms with E-state index in [4.69, 9.17) is 0 Å². The standard InChI is InChI=1S/C16H12N4O2S/c21-20(22)14-5-1-3-12(9-14)11-23-16-7-6-15(18-19-16)13-4-2-8-17-10-13/h1-10H,11H2. The molecule has 0 aliphatic carbocycles. The van der Waals surface area contributed by atoms with Crippen molar-refractivity contribution in [1.82, 2.24) is 15.2 Å². The minimum atomic E-state index is -0.392. The van der Waals surface area contributed by atoms with E-state index >= 15 is 0 Å². The van der Waals surface area contributed by atoms with E-state index in [1.807, 2.05) is 30.3 Å². The van der Waals surface area contributed by atoms with Crippen LogP contribution < -0.4 is 0 Å². The summed E-state index contributed by atoms with van der Waals surface area (Å²) in [4.78, 5) is 14.4. The summed E-state index contributed by atoms with van der Waals surface area (Å²) in [5, 5.41) is 19.9. The highest BCUT2D eigenvalue weighted by atomic mass is 32.2. The topological polar surface area (TPSA) is 81.8 Å². The number of nitro benzene ring substituents is 1. The minimum absolute atomic E-state index is 0.0982. The summed E-state index contributed by atoms with van der Waals surface area (Å²) < 4.78 is 0. The summed E-state index contributed by atoms with van der Waals surface area (Å²) in [7, 11) is 0. The zero-order chi connectivity index (χ0) is 16.1. The molecule has 0 spiro atoms.